The first-order valence-corrected chi connectivity index (χ1v) is 11.7. The normalized spacial score (nSPS) is 15.4. The molecule has 0 aromatic heterocycles. The number of carbonyl (C=O) groups is 1. The van der Waals surface area contributed by atoms with Crippen molar-refractivity contribution in [3.05, 3.63) is 58.6 Å². The van der Waals surface area contributed by atoms with Gasteiger partial charge in [-0.25, -0.2) is 8.42 Å². The molecule has 0 spiro atoms. The Labute approximate surface area is 178 Å². The molecule has 29 heavy (non-hydrogen) atoms. The molecule has 5 nitrogen and oxygen atoms in total. The van der Waals surface area contributed by atoms with Crippen LogP contribution in [0.15, 0.2) is 47.4 Å². The highest BCUT2D eigenvalue weighted by Crippen LogP contribution is 2.28. The summed E-state index contributed by atoms with van der Waals surface area (Å²) in [5.74, 6) is -0.369. The molecule has 0 saturated heterocycles. The maximum Gasteiger partial charge on any atom is 0.243 e. The Bertz CT molecular complexity index is 968. The maximum absolute atomic E-state index is 13.4. The zero-order valence-electron chi connectivity index (χ0n) is 16.8. The lowest BCUT2D eigenvalue weighted by Gasteiger charge is -2.33. The van der Waals surface area contributed by atoms with Crippen LogP contribution in [0.2, 0.25) is 5.02 Å². The van der Waals surface area contributed by atoms with Crippen molar-refractivity contribution in [3.8, 4) is 0 Å². The van der Waals surface area contributed by atoms with Crippen LogP contribution in [0.25, 0.3) is 0 Å². The number of anilines is 1. The third kappa shape index (κ3) is 5.38. The van der Waals surface area contributed by atoms with Gasteiger partial charge in [0.1, 0.15) is 0 Å². The Balaban J connectivity index is 1.84. The van der Waals surface area contributed by atoms with E-state index < -0.39 is 10.0 Å². The number of hydrogen-bond acceptors (Lipinski definition) is 3. The summed E-state index contributed by atoms with van der Waals surface area (Å²) < 4.78 is 28.1. The van der Waals surface area contributed by atoms with Crippen LogP contribution in [0.3, 0.4) is 0 Å². The van der Waals surface area contributed by atoms with Gasteiger partial charge in [0, 0.05) is 16.8 Å². The molecule has 1 saturated carbocycles. The zero-order chi connectivity index (χ0) is 21.0. The van der Waals surface area contributed by atoms with E-state index in [0.29, 0.717) is 10.7 Å². The van der Waals surface area contributed by atoms with Crippen LogP contribution in [-0.2, 0) is 14.8 Å². The van der Waals surface area contributed by atoms with Crippen LogP contribution >= 0.6 is 11.6 Å². The second-order valence-electron chi connectivity index (χ2n) is 7.67. The molecule has 1 fully saturated rings. The van der Waals surface area contributed by atoms with Gasteiger partial charge in [0.25, 0.3) is 0 Å². The second-order valence-corrected chi connectivity index (χ2v) is 9.97. The number of benzene rings is 2. The lowest BCUT2D eigenvalue weighted by Crippen LogP contribution is -2.45. The van der Waals surface area contributed by atoms with E-state index >= 15 is 0 Å². The van der Waals surface area contributed by atoms with Gasteiger partial charge in [-0.15, -0.1) is 0 Å². The highest BCUT2D eigenvalue weighted by atomic mass is 35.5. The quantitative estimate of drug-likeness (QED) is 0.701. The zero-order valence-corrected chi connectivity index (χ0v) is 18.4. The second kappa shape index (κ2) is 9.28. The van der Waals surface area contributed by atoms with Crippen molar-refractivity contribution in [2.75, 3.05) is 11.9 Å². The summed E-state index contributed by atoms with van der Waals surface area (Å²) in [5.41, 5.74) is 2.46. The molecule has 0 atom stereocenters. The maximum atomic E-state index is 13.4. The molecule has 1 N–H and O–H groups in total. The lowest BCUT2D eigenvalue weighted by atomic mass is 9.95. The van der Waals surface area contributed by atoms with Crippen molar-refractivity contribution in [1.29, 1.82) is 0 Å². The Morgan fingerprint density at radius 3 is 2.34 bits per heavy atom. The van der Waals surface area contributed by atoms with Crippen molar-refractivity contribution in [1.82, 2.24) is 4.31 Å². The van der Waals surface area contributed by atoms with Crippen molar-refractivity contribution in [2.45, 2.75) is 56.9 Å². The first-order chi connectivity index (χ1) is 13.8. The van der Waals surface area contributed by atoms with Gasteiger partial charge in [-0.2, -0.15) is 4.31 Å². The third-order valence-corrected chi connectivity index (χ3v) is 7.68. The van der Waals surface area contributed by atoms with E-state index in [2.05, 4.69) is 5.32 Å². The van der Waals surface area contributed by atoms with Gasteiger partial charge in [-0.1, -0.05) is 54.6 Å². The summed E-state index contributed by atoms with van der Waals surface area (Å²) in [6.45, 7) is 3.58. The molecule has 1 amide bonds. The van der Waals surface area contributed by atoms with Gasteiger partial charge in [-0.3, -0.25) is 4.79 Å². The number of halogens is 1. The number of sulfonamides is 1. The number of nitrogens with zero attached hydrogens (tertiary/aromatic N) is 1. The van der Waals surface area contributed by atoms with E-state index in [4.69, 9.17) is 11.6 Å². The molecule has 0 radical (unpaired) electrons. The van der Waals surface area contributed by atoms with E-state index in [-0.39, 0.29) is 23.4 Å². The van der Waals surface area contributed by atoms with Crippen LogP contribution in [0.1, 0.15) is 43.2 Å². The predicted molar refractivity (Wildman–Crippen MR) is 117 cm³/mol. The highest BCUT2D eigenvalue weighted by molar-refractivity contribution is 7.89. The van der Waals surface area contributed by atoms with E-state index in [1.54, 1.807) is 36.4 Å². The predicted octanol–water partition coefficient (Wildman–Crippen LogP) is 4.92. The fraction of sp³-hybridized carbons (Fsp3) is 0.409. The number of amides is 1. The summed E-state index contributed by atoms with van der Waals surface area (Å²) in [5, 5.41) is 3.34. The van der Waals surface area contributed by atoms with Crippen molar-refractivity contribution in [3.63, 3.8) is 0 Å². The number of hydrogen-bond donors (Lipinski definition) is 1. The summed E-state index contributed by atoms with van der Waals surface area (Å²) in [4.78, 5) is 13.0. The van der Waals surface area contributed by atoms with Crippen LogP contribution in [0.4, 0.5) is 5.69 Å². The summed E-state index contributed by atoms with van der Waals surface area (Å²) in [6, 6.07) is 11.9. The standard InChI is InChI=1S/C22H27ClN2O3S/c1-16-8-12-20(13-9-16)29(27,28)25(19-6-4-3-5-7-19)15-22(26)24-18-11-10-17(2)21(23)14-18/h8-14,19H,3-7,15H2,1-2H3,(H,24,26). The van der Waals surface area contributed by atoms with Gasteiger partial charge in [0.05, 0.1) is 11.4 Å². The smallest absolute Gasteiger partial charge is 0.243 e. The molecular weight excluding hydrogens is 408 g/mol. The molecule has 0 bridgehead atoms. The van der Waals surface area contributed by atoms with E-state index in [1.807, 2.05) is 19.9 Å². The third-order valence-electron chi connectivity index (χ3n) is 5.36. The van der Waals surface area contributed by atoms with Gasteiger partial charge in [-0.05, 0) is 56.5 Å². The van der Waals surface area contributed by atoms with Gasteiger partial charge in [0.2, 0.25) is 15.9 Å². The minimum Gasteiger partial charge on any atom is -0.325 e. The van der Waals surface area contributed by atoms with Crippen LogP contribution in [-0.4, -0.2) is 31.2 Å². The molecule has 1 aliphatic carbocycles. The fourth-order valence-corrected chi connectivity index (χ4v) is 5.46. The van der Waals surface area contributed by atoms with Crippen molar-refractivity contribution < 1.29 is 13.2 Å². The number of nitrogens with one attached hydrogen (secondary N) is 1. The van der Waals surface area contributed by atoms with E-state index in [0.717, 1.165) is 43.2 Å². The lowest BCUT2D eigenvalue weighted by molar-refractivity contribution is -0.116. The molecule has 1 aliphatic rings. The first-order valence-electron chi connectivity index (χ1n) is 9.92. The molecule has 0 aliphatic heterocycles. The van der Waals surface area contributed by atoms with Crippen LogP contribution in [0.5, 0.6) is 0 Å². The number of carbonyl (C=O) groups excluding carboxylic acids is 1. The van der Waals surface area contributed by atoms with Gasteiger partial charge in [0.15, 0.2) is 0 Å². The SMILES string of the molecule is Cc1ccc(S(=O)(=O)N(CC(=O)Nc2ccc(C)c(Cl)c2)C2CCCCC2)cc1. The van der Waals surface area contributed by atoms with Crippen molar-refractivity contribution >= 4 is 33.2 Å². The fourth-order valence-electron chi connectivity index (χ4n) is 3.64. The highest BCUT2D eigenvalue weighted by Gasteiger charge is 2.34. The summed E-state index contributed by atoms with van der Waals surface area (Å²) in [6.07, 6.45) is 4.59. The summed E-state index contributed by atoms with van der Waals surface area (Å²) in [7, 11) is -3.77. The van der Waals surface area contributed by atoms with Gasteiger partial charge < -0.3 is 5.32 Å². The molecule has 3 rings (SSSR count). The summed E-state index contributed by atoms with van der Waals surface area (Å²) >= 11 is 6.13. The Morgan fingerprint density at radius 2 is 1.72 bits per heavy atom. The Hall–Kier alpha value is -1.89. The van der Waals surface area contributed by atoms with Crippen LogP contribution < -0.4 is 5.32 Å². The largest absolute Gasteiger partial charge is 0.325 e. The molecule has 0 heterocycles. The monoisotopic (exact) mass is 434 g/mol. The Kier molecular flexibility index (Phi) is 6.98. The Morgan fingerprint density at radius 1 is 1.07 bits per heavy atom. The number of aryl methyl sites for hydroxylation is 2. The molecule has 2 aromatic rings. The van der Waals surface area contributed by atoms with Crippen molar-refractivity contribution in [2.24, 2.45) is 0 Å². The average molecular weight is 435 g/mol. The van der Waals surface area contributed by atoms with E-state index in [1.165, 1.54) is 4.31 Å². The molecule has 2 aromatic carbocycles. The number of rotatable bonds is 6. The minimum absolute atomic E-state index is 0.164. The minimum atomic E-state index is -3.77. The molecule has 7 heteroatoms. The molecule has 0 unspecified atom stereocenters. The molecule has 156 valence electrons. The topological polar surface area (TPSA) is 66.5 Å². The first kappa shape index (κ1) is 21.8. The average Bonchev–Trinajstić information content (AvgIpc) is 2.70. The van der Waals surface area contributed by atoms with Crippen LogP contribution in [0, 0.1) is 13.8 Å². The van der Waals surface area contributed by atoms with E-state index in [9.17, 15) is 13.2 Å². The molecular formula is C22H27ClN2O3S. The van der Waals surface area contributed by atoms with Gasteiger partial charge >= 0.3 is 0 Å².